The second-order valence-electron chi connectivity index (χ2n) is 4.56. The predicted octanol–water partition coefficient (Wildman–Crippen LogP) is 2.78. The van der Waals surface area contributed by atoms with Crippen LogP contribution in [0.4, 0.5) is 0 Å². The van der Waals surface area contributed by atoms with Gasteiger partial charge in [-0.3, -0.25) is 4.79 Å². The Morgan fingerprint density at radius 3 is 3.05 bits per heavy atom. The number of H-pyrrole nitrogens is 1. The summed E-state index contributed by atoms with van der Waals surface area (Å²) in [6, 6.07) is 5.80. The fraction of sp³-hybridized carbons (Fsp3) is 0.429. The van der Waals surface area contributed by atoms with Gasteiger partial charge in [0, 0.05) is 24.4 Å². The number of hydrogen-bond acceptors (Lipinski definition) is 3. The maximum atomic E-state index is 12.4. The lowest BCUT2D eigenvalue weighted by Crippen LogP contribution is -2.36. The van der Waals surface area contributed by atoms with Crippen molar-refractivity contribution in [1.82, 2.24) is 14.9 Å². The molecule has 0 spiro atoms. The van der Waals surface area contributed by atoms with E-state index in [1.54, 1.807) is 11.2 Å². The third kappa shape index (κ3) is 3.10. The van der Waals surface area contributed by atoms with E-state index in [0.29, 0.717) is 5.56 Å². The quantitative estimate of drug-likeness (QED) is 0.914. The average Bonchev–Trinajstić information content (AvgIpc) is 2.90. The topological polar surface area (TPSA) is 49.0 Å². The molecule has 0 saturated heterocycles. The summed E-state index contributed by atoms with van der Waals surface area (Å²) in [5.74, 6) is 2.10. The van der Waals surface area contributed by atoms with E-state index in [1.165, 1.54) is 0 Å². The van der Waals surface area contributed by atoms with Crippen LogP contribution in [0.25, 0.3) is 11.0 Å². The van der Waals surface area contributed by atoms with Crippen molar-refractivity contribution in [2.75, 3.05) is 18.6 Å². The van der Waals surface area contributed by atoms with Crippen LogP contribution in [0.3, 0.4) is 0 Å². The molecule has 0 fully saturated rings. The zero-order chi connectivity index (χ0) is 13.8. The van der Waals surface area contributed by atoms with Crippen LogP contribution < -0.4 is 0 Å². The predicted molar refractivity (Wildman–Crippen MR) is 80.6 cm³/mol. The van der Waals surface area contributed by atoms with Gasteiger partial charge in [0.1, 0.15) is 0 Å². The number of aromatic amines is 1. The lowest BCUT2D eigenvalue weighted by molar-refractivity contribution is 0.0757. The van der Waals surface area contributed by atoms with Crippen LogP contribution in [0.15, 0.2) is 24.5 Å². The molecule has 2 aromatic rings. The highest BCUT2D eigenvalue weighted by molar-refractivity contribution is 7.99. The molecule has 1 N–H and O–H groups in total. The van der Waals surface area contributed by atoms with E-state index in [0.717, 1.165) is 22.5 Å². The van der Waals surface area contributed by atoms with Crippen LogP contribution >= 0.6 is 11.8 Å². The fourth-order valence-electron chi connectivity index (χ4n) is 1.87. The molecule has 19 heavy (non-hydrogen) atoms. The highest BCUT2D eigenvalue weighted by Crippen LogP contribution is 2.15. The Kier molecular flexibility index (Phi) is 4.47. The number of nitrogens with zero attached hydrogens (tertiary/aromatic N) is 2. The molecule has 0 aliphatic rings. The second-order valence-corrected chi connectivity index (χ2v) is 5.88. The van der Waals surface area contributed by atoms with Crippen LogP contribution in [-0.4, -0.2) is 45.4 Å². The largest absolute Gasteiger partial charge is 0.345 e. The molecule has 0 radical (unpaired) electrons. The van der Waals surface area contributed by atoms with Crippen molar-refractivity contribution in [2.45, 2.75) is 19.9 Å². The smallest absolute Gasteiger partial charge is 0.253 e. The van der Waals surface area contributed by atoms with Gasteiger partial charge in [0.05, 0.1) is 17.4 Å². The summed E-state index contributed by atoms with van der Waals surface area (Å²) >= 11 is 1.85. The maximum Gasteiger partial charge on any atom is 0.253 e. The summed E-state index contributed by atoms with van der Waals surface area (Å²) < 4.78 is 0. The number of amides is 1. The molecule has 0 unspecified atom stereocenters. The van der Waals surface area contributed by atoms with Gasteiger partial charge in [-0.25, -0.2) is 4.98 Å². The van der Waals surface area contributed by atoms with Gasteiger partial charge in [0.2, 0.25) is 0 Å². The number of fused-ring (bicyclic) bond motifs is 1. The van der Waals surface area contributed by atoms with Gasteiger partial charge in [-0.1, -0.05) is 6.92 Å². The van der Waals surface area contributed by atoms with E-state index < -0.39 is 0 Å². The van der Waals surface area contributed by atoms with E-state index in [1.807, 2.05) is 37.0 Å². The fourth-order valence-corrected chi connectivity index (χ4v) is 2.67. The number of rotatable bonds is 5. The van der Waals surface area contributed by atoms with Crippen molar-refractivity contribution in [2.24, 2.45) is 0 Å². The number of carbonyl (C=O) groups excluding carboxylic acids is 1. The van der Waals surface area contributed by atoms with E-state index in [4.69, 9.17) is 0 Å². The molecular formula is C14H19N3OS. The normalized spacial score (nSPS) is 12.6. The Balaban J connectivity index is 2.13. The standard InChI is InChI=1S/C14H19N3OS/c1-4-19-8-10(2)17(3)14(18)11-5-6-12-13(7-11)16-9-15-12/h5-7,9-10H,4,8H2,1-3H3,(H,15,16)/t10-/m1/s1. The number of thioether (sulfide) groups is 1. The van der Waals surface area contributed by atoms with Gasteiger partial charge in [-0.2, -0.15) is 11.8 Å². The molecule has 1 heterocycles. The first kappa shape index (κ1) is 13.9. The molecule has 1 amide bonds. The van der Waals surface area contributed by atoms with Crippen LogP contribution in [0, 0.1) is 0 Å². The van der Waals surface area contributed by atoms with Crippen LogP contribution in [0.1, 0.15) is 24.2 Å². The molecule has 1 aromatic carbocycles. The van der Waals surface area contributed by atoms with Gasteiger partial charge < -0.3 is 9.88 Å². The minimum atomic E-state index is 0.0562. The molecule has 0 saturated carbocycles. The Hall–Kier alpha value is -1.49. The molecule has 4 nitrogen and oxygen atoms in total. The lowest BCUT2D eigenvalue weighted by Gasteiger charge is -2.24. The van der Waals surface area contributed by atoms with Crippen molar-refractivity contribution in [3.63, 3.8) is 0 Å². The molecule has 1 atom stereocenters. The van der Waals surface area contributed by atoms with Gasteiger partial charge in [0.15, 0.2) is 0 Å². The molecule has 0 aliphatic heterocycles. The number of imidazole rings is 1. The first-order valence-corrected chi connectivity index (χ1v) is 7.57. The SMILES string of the molecule is CCSC[C@@H](C)N(C)C(=O)c1ccc2nc[nH]c2c1. The molecule has 2 rings (SSSR count). The number of carbonyl (C=O) groups is 1. The van der Waals surface area contributed by atoms with E-state index in [9.17, 15) is 4.79 Å². The average molecular weight is 277 g/mol. The number of nitrogens with one attached hydrogen (secondary N) is 1. The molecule has 5 heteroatoms. The maximum absolute atomic E-state index is 12.4. The number of aromatic nitrogens is 2. The molecular weight excluding hydrogens is 258 g/mol. The zero-order valence-electron chi connectivity index (χ0n) is 11.5. The van der Waals surface area contributed by atoms with Crippen molar-refractivity contribution < 1.29 is 4.79 Å². The van der Waals surface area contributed by atoms with Gasteiger partial charge >= 0.3 is 0 Å². The summed E-state index contributed by atoms with van der Waals surface area (Å²) in [7, 11) is 1.86. The third-order valence-electron chi connectivity index (χ3n) is 3.21. The van der Waals surface area contributed by atoms with Gasteiger partial charge in [-0.05, 0) is 30.9 Å². The third-order valence-corrected chi connectivity index (χ3v) is 4.34. The van der Waals surface area contributed by atoms with Crippen molar-refractivity contribution in [3.8, 4) is 0 Å². The first-order valence-electron chi connectivity index (χ1n) is 6.41. The van der Waals surface area contributed by atoms with E-state index in [2.05, 4.69) is 23.8 Å². The zero-order valence-corrected chi connectivity index (χ0v) is 12.3. The second kappa shape index (κ2) is 6.10. The van der Waals surface area contributed by atoms with Crippen molar-refractivity contribution >= 4 is 28.7 Å². The molecule has 0 aliphatic carbocycles. The molecule has 102 valence electrons. The highest BCUT2D eigenvalue weighted by Gasteiger charge is 2.17. The monoisotopic (exact) mass is 277 g/mol. The number of hydrogen-bond donors (Lipinski definition) is 1. The Labute approximate surface area is 117 Å². The summed E-state index contributed by atoms with van der Waals surface area (Å²) in [5.41, 5.74) is 2.48. The summed E-state index contributed by atoms with van der Waals surface area (Å²) in [4.78, 5) is 21.4. The summed E-state index contributed by atoms with van der Waals surface area (Å²) in [6.45, 7) is 4.21. The highest BCUT2D eigenvalue weighted by atomic mass is 32.2. The van der Waals surface area contributed by atoms with Gasteiger partial charge in [0.25, 0.3) is 5.91 Å². The Bertz CT molecular complexity index is 567. The Morgan fingerprint density at radius 2 is 2.32 bits per heavy atom. The molecule has 0 bridgehead atoms. The summed E-state index contributed by atoms with van der Waals surface area (Å²) in [5, 5.41) is 0. The van der Waals surface area contributed by atoms with E-state index >= 15 is 0 Å². The minimum Gasteiger partial charge on any atom is -0.345 e. The Morgan fingerprint density at radius 1 is 1.53 bits per heavy atom. The number of benzene rings is 1. The van der Waals surface area contributed by atoms with Crippen LogP contribution in [0.5, 0.6) is 0 Å². The van der Waals surface area contributed by atoms with Crippen molar-refractivity contribution in [1.29, 1.82) is 0 Å². The van der Waals surface area contributed by atoms with Crippen LogP contribution in [-0.2, 0) is 0 Å². The van der Waals surface area contributed by atoms with Crippen molar-refractivity contribution in [3.05, 3.63) is 30.1 Å². The minimum absolute atomic E-state index is 0.0562. The van der Waals surface area contributed by atoms with Gasteiger partial charge in [-0.15, -0.1) is 0 Å². The van der Waals surface area contributed by atoms with E-state index in [-0.39, 0.29) is 11.9 Å². The first-order chi connectivity index (χ1) is 9.13. The lowest BCUT2D eigenvalue weighted by atomic mass is 10.1. The molecule has 1 aromatic heterocycles. The summed E-state index contributed by atoms with van der Waals surface area (Å²) in [6.07, 6.45) is 1.64. The van der Waals surface area contributed by atoms with Crippen LogP contribution in [0.2, 0.25) is 0 Å².